The van der Waals surface area contributed by atoms with Crippen molar-refractivity contribution in [1.82, 2.24) is 14.9 Å². The molecule has 1 aromatic heterocycles. The van der Waals surface area contributed by atoms with Crippen LogP contribution in [0.15, 0.2) is 47.6 Å². The molecule has 1 fully saturated rings. The average Bonchev–Trinajstić information content (AvgIpc) is 3.15. The molecule has 20 heavy (non-hydrogen) atoms. The van der Waals surface area contributed by atoms with Gasteiger partial charge in [-0.25, -0.2) is 4.98 Å². The molecule has 0 aliphatic carbocycles. The van der Waals surface area contributed by atoms with Gasteiger partial charge in [0, 0.05) is 23.8 Å². The van der Waals surface area contributed by atoms with Crippen LogP contribution in [-0.4, -0.2) is 33.1 Å². The first-order valence-corrected chi connectivity index (χ1v) is 7.80. The molecule has 104 valence electrons. The predicted molar refractivity (Wildman–Crippen MR) is 79.4 cm³/mol. The Morgan fingerprint density at radius 2 is 2.25 bits per heavy atom. The number of carbonyl (C=O) groups is 1. The number of rotatable bonds is 4. The number of hydrogen-bond acceptors (Lipinski definition) is 3. The van der Waals surface area contributed by atoms with Gasteiger partial charge >= 0.3 is 0 Å². The van der Waals surface area contributed by atoms with Gasteiger partial charge in [0.1, 0.15) is 5.82 Å². The molecule has 1 saturated heterocycles. The fourth-order valence-corrected chi connectivity index (χ4v) is 3.36. The van der Waals surface area contributed by atoms with Crippen molar-refractivity contribution < 1.29 is 4.79 Å². The molecule has 0 saturated carbocycles. The summed E-state index contributed by atoms with van der Waals surface area (Å²) in [6, 6.07) is 10.2. The number of amides is 1. The molecule has 3 rings (SSSR count). The molecule has 1 amide bonds. The second-order valence-electron chi connectivity index (χ2n) is 4.82. The molecule has 5 heteroatoms. The molecule has 1 atom stereocenters. The van der Waals surface area contributed by atoms with Crippen LogP contribution in [-0.2, 0) is 4.79 Å². The minimum atomic E-state index is 0.119. The highest BCUT2D eigenvalue weighted by molar-refractivity contribution is 8.00. The summed E-state index contributed by atoms with van der Waals surface area (Å²) >= 11 is 1.59. The number of nitrogens with zero attached hydrogens (tertiary/aromatic N) is 2. The molecule has 0 spiro atoms. The molecule has 2 heterocycles. The summed E-state index contributed by atoms with van der Waals surface area (Å²) in [5, 5.41) is 0. The van der Waals surface area contributed by atoms with Crippen molar-refractivity contribution in [3.8, 4) is 0 Å². The standard InChI is InChI=1S/C15H17N3OS/c19-14(11-20-12-5-2-1-3-6-12)18-10-4-7-13(18)15-16-8-9-17-15/h1-3,5-6,8-9,13H,4,7,10-11H2,(H,16,17)/t13-/m0/s1. The molecule has 2 aromatic rings. The average molecular weight is 287 g/mol. The van der Waals surface area contributed by atoms with Crippen LogP contribution in [0, 0.1) is 0 Å². The van der Waals surface area contributed by atoms with Crippen LogP contribution in [0.2, 0.25) is 0 Å². The van der Waals surface area contributed by atoms with Crippen molar-refractivity contribution in [2.75, 3.05) is 12.3 Å². The number of aromatic amines is 1. The Labute approximate surface area is 122 Å². The minimum absolute atomic E-state index is 0.119. The Morgan fingerprint density at radius 1 is 1.40 bits per heavy atom. The second kappa shape index (κ2) is 6.13. The van der Waals surface area contributed by atoms with E-state index in [1.54, 1.807) is 18.0 Å². The first-order valence-electron chi connectivity index (χ1n) is 6.81. The molecule has 0 bridgehead atoms. The van der Waals surface area contributed by atoms with Crippen LogP contribution in [0.3, 0.4) is 0 Å². The third-order valence-corrected chi connectivity index (χ3v) is 4.51. The number of imidazole rings is 1. The third kappa shape index (κ3) is 2.88. The topological polar surface area (TPSA) is 49.0 Å². The fraction of sp³-hybridized carbons (Fsp3) is 0.333. The SMILES string of the molecule is O=C(CSc1ccccc1)N1CCC[C@H]1c1ncc[nH]1. The highest BCUT2D eigenvalue weighted by atomic mass is 32.2. The van der Waals surface area contributed by atoms with E-state index in [0.29, 0.717) is 5.75 Å². The molecule has 1 aromatic carbocycles. The van der Waals surface area contributed by atoms with Gasteiger partial charge in [-0.3, -0.25) is 4.79 Å². The van der Waals surface area contributed by atoms with Crippen molar-refractivity contribution in [1.29, 1.82) is 0 Å². The van der Waals surface area contributed by atoms with Crippen molar-refractivity contribution >= 4 is 17.7 Å². The number of hydrogen-bond donors (Lipinski definition) is 1. The summed E-state index contributed by atoms with van der Waals surface area (Å²) < 4.78 is 0. The summed E-state index contributed by atoms with van der Waals surface area (Å²) in [6.45, 7) is 0.833. The van der Waals surface area contributed by atoms with Crippen LogP contribution in [0.25, 0.3) is 0 Å². The zero-order valence-corrected chi connectivity index (χ0v) is 12.0. The zero-order valence-electron chi connectivity index (χ0n) is 11.2. The van der Waals surface area contributed by atoms with E-state index in [2.05, 4.69) is 9.97 Å². The lowest BCUT2D eigenvalue weighted by Gasteiger charge is -2.23. The molecule has 1 aliphatic rings. The predicted octanol–water partition coefficient (Wildman–Crippen LogP) is 2.87. The first kappa shape index (κ1) is 13.2. The van der Waals surface area contributed by atoms with E-state index in [4.69, 9.17) is 0 Å². The van der Waals surface area contributed by atoms with Gasteiger partial charge < -0.3 is 9.88 Å². The van der Waals surface area contributed by atoms with E-state index in [1.165, 1.54) is 0 Å². The Bertz CT molecular complexity index is 556. The van der Waals surface area contributed by atoms with Gasteiger partial charge in [0.05, 0.1) is 11.8 Å². The normalized spacial score (nSPS) is 18.4. The van der Waals surface area contributed by atoms with Gasteiger partial charge in [-0.2, -0.15) is 0 Å². The second-order valence-corrected chi connectivity index (χ2v) is 5.87. The number of aromatic nitrogens is 2. The molecular weight excluding hydrogens is 270 g/mol. The molecule has 0 radical (unpaired) electrons. The zero-order chi connectivity index (χ0) is 13.8. The van der Waals surface area contributed by atoms with E-state index >= 15 is 0 Å². The van der Waals surface area contributed by atoms with Gasteiger partial charge in [-0.15, -0.1) is 11.8 Å². The van der Waals surface area contributed by atoms with Gasteiger partial charge in [0.15, 0.2) is 0 Å². The fourth-order valence-electron chi connectivity index (χ4n) is 2.55. The number of carbonyl (C=O) groups excluding carboxylic acids is 1. The van der Waals surface area contributed by atoms with Crippen molar-refractivity contribution in [3.63, 3.8) is 0 Å². The molecule has 0 unspecified atom stereocenters. The van der Waals surface area contributed by atoms with Gasteiger partial charge in [-0.05, 0) is 25.0 Å². The van der Waals surface area contributed by atoms with E-state index in [-0.39, 0.29) is 11.9 Å². The van der Waals surface area contributed by atoms with Crippen LogP contribution in [0.5, 0.6) is 0 Å². The Hall–Kier alpha value is -1.75. The smallest absolute Gasteiger partial charge is 0.233 e. The van der Waals surface area contributed by atoms with Gasteiger partial charge in [0.2, 0.25) is 5.91 Å². The highest BCUT2D eigenvalue weighted by Gasteiger charge is 2.31. The van der Waals surface area contributed by atoms with Gasteiger partial charge in [-0.1, -0.05) is 18.2 Å². The number of H-pyrrole nitrogens is 1. The number of likely N-dealkylation sites (tertiary alicyclic amines) is 1. The quantitative estimate of drug-likeness (QED) is 0.880. The van der Waals surface area contributed by atoms with E-state index in [0.717, 1.165) is 30.1 Å². The third-order valence-electron chi connectivity index (χ3n) is 3.51. The lowest BCUT2D eigenvalue weighted by Crippen LogP contribution is -2.32. The summed E-state index contributed by atoms with van der Waals surface area (Å²) in [7, 11) is 0. The maximum absolute atomic E-state index is 12.4. The van der Waals surface area contributed by atoms with Crippen LogP contribution in [0.4, 0.5) is 0 Å². The van der Waals surface area contributed by atoms with Crippen molar-refractivity contribution in [3.05, 3.63) is 48.5 Å². The molecule has 1 aliphatic heterocycles. The van der Waals surface area contributed by atoms with Crippen LogP contribution < -0.4 is 0 Å². The minimum Gasteiger partial charge on any atom is -0.347 e. The molecule has 4 nitrogen and oxygen atoms in total. The lowest BCUT2D eigenvalue weighted by atomic mass is 10.2. The lowest BCUT2D eigenvalue weighted by molar-refractivity contribution is -0.129. The summed E-state index contributed by atoms with van der Waals surface area (Å²) in [5.41, 5.74) is 0. The Balaban J connectivity index is 1.62. The van der Waals surface area contributed by atoms with Gasteiger partial charge in [0.25, 0.3) is 0 Å². The van der Waals surface area contributed by atoms with Crippen molar-refractivity contribution in [2.24, 2.45) is 0 Å². The Kier molecular flexibility index (Phi) is 4.06. The maximum atomic E-state index is 12.4. The van der Waals surface area contributed by atoms with Crippen LogP contribution in [0.1, 0.15) is 24.7 Å². The number of thioether (sulfide) groups is 1. The molecule has 1 N–H and O–H groups in total. The van der Waals surface area contributed by atoms with E-state index in [9.17, 15) is 4.79 Å². The monoisotopic (exact) mass is 287 g/mol. The first-order chi connectivity index (χ1) is 9.84. The summed E-state index contributed by atoms with van der Waals surface area (Å²) in [6.07, 6.45) is 5.60. The summed E-state index contributed by atoms with van der Waals surface area (Å²) in [4.78, 5) is 22.9. The number of benzene rings is 1. The van der Waals surface area contributed by atoms with Crippen LogP contribution >= 0.6 is 11.8 Å². The number of nitrogens with one attached hydrogen (secondary N) is 1. The van der Waals surface area contributed by atoms with Crippen molar-refractivity contribution in [2.45, 2.75) is 23.8 Å². The van der Waals surface area contributed by atoms with E-state index < -0.39 is 0 Å². The largest absolute Gasteiger partial charge is 0.347 e. The maximum Gasteiger partial charge on any atom is 0.233 e. The Morgan fingerprint density at radius 3 is 3.00 bits per heavy atom. The molecular formula is C15H17N3OS. The highest BCUT2D eigenvalue weighted by Crippen LogP contribution is 2.30. The van der Waals surface area contributed by atoms with E-state index in [1.807, 2.05) is 41.4 Å². The summed E-state index contributed by atoms with van der Waals surface area (Å²) in [5.74, 6) is 1.58.